The summed E-state index contributed by atoms with van der Waals surface area (Å²) in [6.45, 7) is 2.41. The van der Waals surface area contributed by atoms with E-state index in [0.29, 0.717) is 57.4 Å². The van der Waals surface area contributed by atoms with Gasteiger partial charge in [0.15, 0.2) is 9.84 Å². The monoisotopic (exact) mass is 570 g/mol. The Morgan fingerprint density at radius 1 is 1.05 bits per heavy atom. The first kappa shape index (κ1) is 30.2. The molecule has 0 saturated heterocycles. The lowest BCUT2D eigenvalue weighted by Crippen LogP contribution is -2.40. The van der Waals surface area contributed by atoms with Gasteiger partial charge in [-0.1, -0.05) is 17.7 Å². The number of hydrogen-bond acceptors (Lipinski definition) is 6. The molecule has 1 amide bonds. The molecule has 0 aromatic heterocycles. The Hall–Kier alpha value is -2.37. The van der Waals surface area contributed by atoms with E-state index in [2.05, 4.69) is 5.32 Å². The van der Waals surface area contributed by atoms with E-state index < -0.39 is 26.2 Å². The van der Waals surface area contributed by atoms with Crippen LogP contribution in [0.4, 0.5) is 8.78 Å². The summed E-state index contributed by atoms with van der Waals surface area (Å²) in [7, 11) is -4.11. The average molecular weight is 571 g/mol. The first-order chi connectivity index (χ1) is 18.2. The van der Waals surface area contributed by atoms with Crippen molar-refractivity contribution in [3.05, 3.63) is 76.8 Å². The highest BCUT2D eigenvalue weighted by atomic mass is 35.5. The van der Waals surface area contributed by atoms with Crippen molar-refractivity contribution in [2.75, 3.05) is 39.5 Å². The van der Waals surface area contributed by atoms with Gasteiger partial charge in [-0.25, -0.2) is 17.2 Å². The van der Waals surface area contributed by atoms with Gasteiger partial charge in [-0.2, -0.15) is 0 Å². The van der Waals surface area contributed by atoms with Crippen LogP contribution in [-0.2, 0) is 28.9 Å². The van der Waals surface area contributed by atoms with Crippen molar-refractivity contribution in [2.24, 2.45) is 11.7 Å². The molecular formula is C27H33ClF2N2O5S. The zero-order valence-corrected chi connectivity index (χ0v) is 22.6. The van der Waals surface area contributed by atoms with Gasteiger partial charge in [-0.3, -0.25) is 4.79 Å². The third-order valence-electron chi connectivity index (χ3n) is 6.60. The zero-order valence-electron chi connectivity index (χ0n) is 21.0. The van der Waals surface area contributed by atoms with E-state index in [1.165, 1.54) is 30.3 Å². The molecular weight excluding hydrogens is 538 g/mol. The summed E-state index contributed by atoms with van der Waals surface area (Å²) in [6, 6.07) is 8.56. The van der Waals surface area contributed by atoms with Crippen LogP contribution < -0.4 is 11.1 Å². The number of nitrogens with one attached hydrogen (secondary N) is 1. The maximum Gasteiger partial charge on any atom is 0.243 e. The number of carbonyl (C=O) groups is 1. The smallest absolute Gasteiger partial charge is 0.243 e. The van der Waals surface area contributed by atoms with Crippen LogP contribution in [0.5, 0.6) is 0 Å². The van der Waals surface area contributed by atoms with Gasteiger partial charge in [0.2, 0.25) is 5.91 Å². The summed E-state index contributed by atoms with van der Waals surface area (Å²) in [5.41, 5.74) is 5.15. The number of ether oxygens (including phenoxy) is 2. The van der Waals surface area contributed by atoms with Crippen molar-refractivity contribution >= 4 is 27.3 Å². The van der Waals surface area contributed by atoms with Gasteiger partial charge in [-0.15, -0.1) is 0 Å². The molecule has 1 fully saturated rings. The van der Waals surface area contributed by atoms with Crippen LogP contribution in [0, 0.1) is 17.6 Å². The number of nitrogens with two attached hydrogens (primary N) is 1. The van der Waals surface area contributed by atoms with Gasteiger partial charge >= 0.3 is 0 Å². The Morgan fingerprint density at radius 2 is 1.71 bits per heavy atom. The van der Waals surface area contributed by atoms with Crippen molar-refractivity contribution < 1.29 is 31.5 Å². The molecule has 2 aromatic carbocycles. The van der Waals surface area contributed by atoms with Crippen LogP contribution in [-0.4, -0.2) is 53.8 Å². The van der Waals surface area contributed by atoms with E-state index in [9.17, 15) is 22.0 Å². The molecule has 0 bridgehead atoms. The molecule has 11 heteroatoms. The van der Waals surface area contributed by atoms with E-state index in [0.717, 1.165) is 18.2 Å². The molecule has 1 aliphatic rings. The second kappa shape index (κ2) is 14.1. The number of sulfone groups is 1. The number of rotatable bonds is 13. The molecule has 0 aliphatic heterocycles. The quantitative estimate of drug-likeness (QED) is 0.277. The Bertz CT molecular complexity index is 1200. The summed E-state index contributed by atoms with van der Waals surface area (Å²) in [5, 5.41) is 3.09. The maximum atomic E-state index is 15.0. The third-order valence-corrected chi connectivity index (χ3v) is 9.40. The van der Waals surface area contributed by atoms with Gasteiger partial charge in [0.25, 0.3) is 0 Å². The molecule has 1 saturated carbocycles. The van der Waals surface area contributed by atoms with Crippen LogP contribution in [0.1, 0.15) is 31.2 Å². The third kappa shape index (κ3) is 7.60. The van der Waals surface area contributed by atoms with Crippen LogP contribution in [0.3, 0.4) is 0 Å². The highest BCUT2D eigenvalue weighted by molar-refractivity contribution is 7.92. The van der Waals surface area contributed by atoms with Gasteiger partial charge in [0.05, 0.1) is 31.3 Å². The molecule has 0 heterocycles. The second-order valence-corrected chi connectivity index (χ2v) is 11.8. The highest BCUT2D eigenvalue weighted by Crippen LogP contribution is 2.49. The summed E-state index contributed by atoms with van der Waals surface area (Å²) in [4.78, 5) is 12.2. The maximum absolute atomic E-state index is 15.0. The normalized spacial score (nSPS) is 20.1. The zero-order chi connectivity index (χ0) is 27.6. The molecule has 38 heavy (non-hydrogen) atoms. The Balaban J connectivity index is 1.66. The first-order valence-electron chi connectivity index (χ1n) is 12.5. The SMILES string of the molecule is NCCOCCOCCNC(=O)/C=C/C1CCC(c2cc(F)ccc2F)(S(=O)(=O)c2ccc(Cl)cc2)CC1. The number of amides is 1. The average Bonchev–Trinajstić information content (AvgIpc) is 2.91. The molecule has 208 valence electrons. The minimum Gasteiger partial charge on any atom is -0.378 e. The fraction of sp³-hybridized carbons (Fsp3) is 0.444. The molecule has 0 unspecified atom stereocenters. The number of allylic oxidation sites excluding steroid dienone is 1. The summed E-state index contributed by atoms with van der Waals surface area (Å²) in [5.74, 6) is -1.88. The lowest BCUT2D eigenvalue weighted by molar-refractivity contribution is -0.116. The molecule has 0 radical (unpaired) electrons. The highest BCUT2D eigenvalue weighted by Gasteiger charge is 2.49. The minimum absolute atomic E-state index is 0.00732. The lowest BCUT2D eigenvalue weighted by Gasteiger charge is -2.39. The lowest BCUT2D eigenvalue weighted by atomic mass is 9.77. The standard InChI is InChI=1S/C27H33ClF2N2O5S/c28-21-2-5-23(6-3-21)38(34,35)27(24-19-22(29)4-7-25(24)30)11-9-20(10-12-27)1-8-26(33)32-14-16-37-18-17-36-15-13-31/h1-8,19-20H,9-18,31H2,(H,32,33)/b8-1+. The van der Waals surface area contributed by atoms with Crippen molar-refractivity contribution in [1.29, 1.82) is 0 Å². The topological polar surface area (TPSA) is 108 Å². The predicted molar refractivity (Wildman–Crippen MR) is 141 cm³/mol. The van der Waals surface area contributed by atoms with Crippen LogP contribution in [0.15, 0.2) is 59.5 Å². The molecule has 0 atom stereocenters. The fourth-order valence-corrected chi connectivity index (χ4v) is 6.89. The Morgan fingerprint density at radius 3 is 2.37 bits per heavy atom. The summed E-state index contributed by atoms with van der Waals surface area (Å²) in [6.07, 6.45) is 4.02. The Kier molecular flexibility index (Phi) is 11.2. The minimum atomic E-state index is -4.11. The largest absolute Gasteiger partial charge is 0.378 e. The van der Waals surface area contributed by atoms with Gasteiger partial charge in [-0.05, 0) is 80.1 Å². The predicted octanol–water partition coefficient (Wildman–Crippen LogP) is 4.14. The summed E-state index contributed by atoms with van der Waals surface area (Å²) >= 11 is 5.93. The first-order valence-corrected chi connectivity index (χ1v) is 14.3. The molecule has 1 aliphatic carbocycles. The fourth-order valence-electron chi connectivity index (χ4n) is 4.60. The number of carbonyl (C=O) groups excluding carboxylic acids is 1. The number of benzene rings is 2. The van der Waals surface area contributed by atoms with E-state index in [4.69, 9.17) is 26.8 Å². The van der Waals surface area contributed by atoms with Crippen molar-refractivity contribution in [2.45, 2.75) is 35.3 Å². The van der Waals surface area contributed by atoms with Gasteiger partial charge in [0, 0.05) is 23.7 Å². The van der Waals surface area contributed by atoms with E-state index in [1.54, 1.807) is 6.08 Å². The van der Waals surface area contributed by atoms with E-state index in [-0.39, 0.29) is 35.1 Å². The Labute approximate surface area is 227 Å². The van der Waals surface area contributed by atoms with Crippen LogP contribution in [0.2, 0.25) is 5.02 Å². The van der Waals surface area contributed by atoms with Crippen molar-refractivity contribution in [3.8, 4) is 0 Å². The molecule has 7 nitrogen and oxygen atoms in total. The van der Waals surface area contributed by atoms with Crippen molar-refractivity contribution in [3.63, 3.8) is 0 Å². The molecule has 3 rings (SSSR count). The van der Waals surface area contributed by atoms with Crippen LogP contribution in [0.25, 0.3) is 0 Å². The second-order valence-electron chi connectivity index (χ2n) is 9.08. The van der Waals surface area contributed by atoms with Crippen LogP contribution >= 0.6 is 11.6 Å². The molecule has 2 aromatic rings. The van der Waals surface area contributed by atoms with Crippen molar-refractivity contribution in [1.82, 2.24) is 5.32 Å². The van der Waals surface area contributed by atoms with E-state index in [1.807, 2.05) is 0 Å². The molecule has 3 N–H and O–H groups in total. The van der Waals surface area contributed by atoms with Gasteiger partial charge < -0.3 is 20.5 Å². The molecule has 0 spiro atoms. The van der Waals surface area contributed by atoms with E-state index >= 15 is 0 Å². The van der Waals surface area contributed by atoms with Gasteiger partial charge in [0.1, 0.15) is 16.4 Å². The summed E-state index contributed by atoms with van der Waals surface area (Å²) < 4.78 is 65.8. The number of hydrogen-bond donors (Lipinski definition) is 2. The number of halogens is 3.